The molecule has 0 radical (unpaired) electrons. The molecule has 1 atom stereocenters. The maximum atomic E-state index is 4.36. The van der Waals surface area contributed by atoms with E-state index in [1.807, 2.05) is 24.8 Å². The highest BCUT2D eigenvalue weighted by Gasteiger charge is 2.15. The molecule has 86 valence electrons. The van der Waals surface area contributed by atoms with E-state index in [1.165, 1.54) is 11.5 Å². The lowest BCUT2D eigenvalue weighted by molar-refractivity contribution is 0.540. The Kier molecular flexibility index (Phi) is 3.63. The van der Waals surface area contributed by atoms with Crippen LogP contribution in [-0.4, -0.2) is 26.2 Å². The van der Waals surface area contributed by atoms with Crippen LogP contribution in [0, 0.1) is 0 Å². The lowest BCUT2D eigenvalue weighted by Crippen LogP contribution is -2.21. The number of likely N-dealkylation sites (N-methyl/N-ethyl adjacent to an activating group) is 1. The topological polar surface area (TPSA) is 55.6 Å². The van der Waals surface area contributed by atoms with Gasteiger partial charge in [-0.25, -0.2) is 4.98 Å². The predicted molar refractivity (Wildman–Crippen MR) is 63.3 cm³/mol. The van der Waals surface area contributed by atoms with Gasteiger partial charge >= 0.3 is 0 Å². The van der Waals surface area contributed by atoms with Crippen LogP contribution in [0.4, 0.5) is 0 Å². The van der Waals surface area contributed by atoms with Crippen molar-refractivity contribution in [1.82, 2.24) is 24.5 Å². The van der Waals surface area contributed by atoms with E-state index in [-0.39, 0.29) is 6.04 Å². The average molecular weight is 237 g/mol. The van der Waals surface area contributed by atoms with E-state index in [9.17, 15) is 0 Å². The number of nitrogens with zero attached hydrogens (tertiary/aromatic N) is 4. The van der Waals surface area contributed by atoms with E-state index in [0.29, 0.717) is 0 Å². The molecule has 0 aliphatic heterocycles. The monoisotopic (exact) mass is 237 g/mol. The average Bonchev–Trinajstić information content (AvgIpc) is 2.96. The second kappa shape index (κ2) is 5.18. The van der Waals surface area contributed by atoms with Crippen molar-refractivity contribution in [3.8, 4) is 0 Å². The van der Waals surface area contributed by atoms with Crippen LogP contribution in [0.15, 0.2) is 17.8 Å². The molecule has 0 aromatic carbocycles. The van der Waals surface area contributed by atoms with Gasteiger partial charge in [0.2, 0.25) is 0 Å². The van der Waals surface area contributed by atoms with Gasteiger partial charge in [-0.05, 0) is 25.5 Å². The Labute approximate surface area is 98.7 Å². The SMILES string of the molecule is CCn1ccnc1CC(NC)c1csnn1. The minimum atomic E-state index is 0.187. The van der Waals surface area contributed by atoms with Crippen LogP contribution in [0.5, 0.6) is 0 Å². The summed E-state index contributed by atoms with van der Waals surface area (Å²) in [7, 11) is 1.93. The Balaban J connectivity index is 2.13. The Morgan fingerprint density at radius 3 is 3.06 bits per heavy atom. The highest BCUT2D eigenvalue weighted by atomic mass is 32.1. The molecule has 2 aromatic heterocycles. The molecule has 0 bridgehead atoms. The number of imidazole rings is 1. The fourth-order valence-electron chi connectivity index (χ4n) is 1.68. The smallest absolute Gasteiger partial charge is 0.110 e. The highest BCUT2D eigenvalue weighted by molar-refractivity contribution is 7.03. The molecule has 5 nitrogen and oxygen atoms in total. The zero-order chi connectivity index (χ0) is 11.4. The Morgan fingerprint density at radius 1 is 1.56 bits per heavy atom. The van der Waals surface area contributed by atoms with Gasteiger partial charge in [0.1, 0.15) is 5.82 Å². The maximum Gasteiger partial charge on any atom is 0.110 e. The molecule has 0 fully saturated rings. The van der Waals surface area contributed by atoms with Crippen LogP contribution in [-0.2, 0) is 13.0 Å². The van der Waals surface area contributed by atoms with Crippen molar-refractivity contribution >= 4 is 11.5 Å². The quantitative estimate of drug-likeness (QED) is 0.850. The third-order valence-electron chi connectivity index (χ3n) is 2.61. The van der Waals surface area contributed by atoms with Gasteiger partial charge in [0.15, 0.2) is 0 Å². The normalized spacial score (nSPS) is 12.9. The Bertz CT molecular complexity index is 422. The third-order valence-corrected chi connectivity index (χ3v) is 3.13. The van der Waals surface area contributed by atoms with Crippen molar-refractivity contribution in [3.05, 3.63) is 29.3 Å². The molecule has 2 heterocycles. The Morgan fingerprint density at radius 2 is 2.44 bits per heavy atom. The van der Waals surface area contributed by atoms with Crippen molar-refractivity contribution in [3.63, 3.8) is 0 Å². The minimum absolute atomic E-state index is 0.187. The molecule has 0 saturated heterocycles. The van der Waals surface area contributed by atoms with E-state index in [0.717, 1.165) is 24.5 Å². The number of aryl methyl sites for hydroxylation is 1. The van der Waals surface area contributed by atoms with Crippen LogP contribution in [0.2, 0.25) is 0 Å². The van der Waals surface area contributed by atoms with E-state index < -0.39 is 0 Å². The van der Waals surface area contributed by atoms with Gasteiger partial charge in [-0.15, -0.1) is 5.10 Å². The van der Waals surface area contributed by atoms with Crippen molar-refractivity contribution in [2.24, 2.45) is 0 Å². The summed E-state index contributed by atoms with van der Waals surface area (Å²) < 4.78 is 6.03. The first-order valence-corrected chi connectivity index (χ1v) is 6.13. The van der Waals surface area contributed by atoms with Crippen LogP contribution >= 0.6 is 11.5 Å². The number of hydrogen-bond acceptors (Lipinski definition) is 5. The molecule has 0 saturated carbocycles. The van der Waals surface area contributed by atoms with Crippen molar-refractivity contribution in [2.75, 3.05) is 7.05 Å². The summed E-state index contributed by atoms with van der Waals surface area (Å²) in [5, 5.41) is 9.31. The zero-order valence-electron chi connectivity index (χ0n) is 9.42. The summed E-state index contributed by atoms with van der Waals surface area (Å²) in [5.74, 6) is 1.08. The second-order valence-electron chi connectivity index (χ2n) is 3.50. The van der Waals surface area contributed by atoms with Gasteiger partial charge in [-0.2, -0.15) is 0 Å². The first-order valence-electron chi connectivity index (χ1n) is 5.29. The largest absolute Gasteiger partial charge is 0.335 e. The lowest BCUT2D eigenvalue weighted by Gasteiger charge is -2.13. The van der Waals surface area contributed by atoms with Gasteiger partial charge in [-0.3, -0.25) is 0 Å². The number of aromatic nitrogens is 4. The molecule has 16 heavy (non-hydrogen) atoms. The predicted octanol–water partition coefficient (Wildman–Crippen LogP) is 1.26. The van der Waals surface area contributed by atoms with E-state index in [4.69, 9.17) is 0 Å². The van der Waals surface area contributed by atoms with E-state index >= 15 is 0 Å². The number of hydrogen-bond donors (Lipinski definition) is 1. The van der Waals surface area contributed by atoms with Crippen molar-refractivity contribution < 1.29 is 0 Å². The van der Waals surface area contributed by atoms with E-state index in [2.05, 4.69) is 31.4 Å². The van der Waals surface area contributed by atoms with Crippen molar-refractivity contribution in [2.45, 2.75) is 25.9 Å². The molecule has 2 rings (SSSR count). The van der Waals surface area contributed by atoms with Gasteiger partial charge in [0, 0.05) is 30.7 Å². The third kappa shape index (κ3) is 2.28. The fourth-order valence-corrected chi connectivity index (χ4v) is 2.19. The first kappa shape index (κ1) is 11.2. The fraction of sp³-hybridized carbons (Fsp3) is 0.500. The van der Waals surface area contributed by atoms with E-state index in [1.54, 1.807) is 0 Å². The van der Waals surface area contributed by atoms with Gasteiger partial charge in [0.05, 0.1) is 11.7 Å². The van der Waals surface area contributed by atoms with Crippen molar-refractivity contribution in [1.29, 1.82) is 0 Å². The molecule has 6 heteroatoms. The van der Waals surface area contributed by atoms with Crippen LogP contribution in [0.25, 0.3) is 0 Å². The zero-order valence-corrected chi connectivity index (χ0v) is 10.2. The van der Waals surface area contributed by atoms with Gasteiger partial charge in [-0.1, -0.05) is 4.49 Å². The molecule has 1 N–H and O–H groups in total. The Hall–Kier alpha value is -1.27. The van der Waals surface area contributed by atoms with Crippen LogP contribution < -0.4 is 5.32 Å². The highest BCUT2D eigenvalue weighted by Crippen LogP contribution is 2.15. The summed E-state index contributed by atoms with van der Waals surface area (Å²) in [6.07, 6.45) is 4.68. The van der Waals surface area contributed by atoms with Gasteiger partial charge < -0.3 is 9.88 Å². The second-order valence-corrected chi connectivity index (χ2v) is 4.11. The molecule has 2 aromatic rings. The molecule has 0 amide bonds. The molecule has 1 unspecified atom stereocenters. The minimum Gasteiger partial charge on any atom is -0.335 e. The molecule has 0 aliphatic carbocycles. The first-order chi connectivity index (χ1) is 7.85. The molecular weight excluding hydrogens is 222 g/mol. The summed E-state index contributed by atoms with van der Waals surface area (Å²) in [6, 6.07) is 0.187. The summed E-state index contributed by atoms with van der Waals surface area (Å²) in [5.41, 5.74) is 0.984. The van der Waals surface area contributed by atoms with Crippen LogP contribution in [0.3, 0.4) is 0 Å². The lowest BCUT2D eigenvalue weighted by atomic mass is 10.1. The number of nitrogens with one attached hydrogen (secondary N) is 1. The summed E-state index contributed by atoms with van der Waals surface area (Å²) in [6.45, 7) is 3.06. The van der Waals surface area contributed by atoms with Crippen LogP contribution in [0.1, 0.15) is 24.5 Å². The molecular formula is C10H15N5S. The molecule has 0 aliphatic rings. The summed E-state index contributed by atoms with van der Waals surface area (Å²) in [4.78, 5) is 4.36. The summed E-state index contributed by atoms with van der Waals surface area (Å²) >= 11 is 1.38. The molecule has 0 spiro atoms. The number of rotatable bonds is 5. The maximum absolute atomic E-state index is 4.36. The van der Waals surface area contributed by atoms with Gasteiger partial charge in [0.25, 0.3) is 0 Å². The standard InChI is InChI=1S/C10H15N5S/c1-3-15-5-4-12-10(15)6-8(11-2)9-7-16-14-13-9/h4-5,7-8,11H,3,6H2,1-2H3.